The normalized spacial score (nSPS) is 12.7. The molecule has 10 aromatic rings. The Morgan fingerprint density at radius 3 is 2.13 bits per heavy atom. The van der Waals surface area contributed by atoms with Crippen molar-refractivity contribution in [1.29, 1.82) is 0 Å². The highest BCUT2D eigenvalue weighted by Gasteiger charge is 2.26. The lowest BCUT2D eigenvalue weighted by atomic mass is 10.0. The first-order valence-corrected chi connectivity index (χ1v) is 14.2. The first-order valence-electron chi connectivity index (χ1n) is 13.4. The molecule has 0 aliphatic carbocycles. The maximum Gasteiger partial charge on any atom is 0.132 e. The summed E-state index contributed by atoms with van der Waals surface area (Å²) in [4.78, 5) is 1.30. The van der Waals surface area contributed by atoms with Crippen molar-refractivity contribution in [3.8, 4) is 5.69 Å². The topological polar surface area (TPSA) is 14.3 Å². The monoisotopic (exact) mass is 515 g/mol. The highest BCUT2D eigenvalue weighted by molar-refractivity contribution is 7.25. The van der Waals surface area contributed by atoms with Crippen LogP contribution in [0, 0.1) is 0 Å². The van der Waals surface area contributed by atoms with Gasteiger partial charge in [-0.3, -0.25) is 8.97 Å². The second-order valence-electron chi connectivity index (χ2n) is 10.6. The number of benzene rings is 5. The predicted molar refractivity (Wildman–Crippen MR) is 167 cm³/mol. The van der Waals surface area contributed by atoms with Gasteiger partial charge in [-0.2, -0.15) is 0 Å². The maximum absolute atomic E-state index is 2.60. The van der Waals surface area contributed by atoms with Crippen LogP contribution in [0.1, 0.15) is 0 Å². The summed E-state index contributed by atoms with van der Waals surface area (Å²) < 4.78 is 8.77. The number of rotatable bonds is 1. The summed E-state index contributed by atoms with van der Waals surface area (Å²) in [6, 6.07) is 40.1. The summed E-state index contributed by atoms with van der Waals surface area (Å²) in [7, 11) is 2.21. The molecule has 182 valence electrons. The van der Waals surface area contributed by atoms with Crippen molar-refractivity contribution in [2.24, 2.45) is 7.05 Å². The average molecular weight is 516 g/mol. The lowest BCUT2D eigenvalue weighted by molar-refractivity contribution is 1.01. The van der Waals surface area contributed by atoms with E-state index in [0.29, 0.717) is 0 Å². The van der Waals surface area contributed by atoms with Gasteiger partial charge in [-0.05, 0) is 47.9 Å². The van der Waals surface area contributed by atoms with Crippen LogP contribution >= 0.6 is 11.3 Å². The molecule has 0 unspecified atom stereocenters. The van der Waals surface area contributed by atoms with Crippen molar-refractivity contribution < 1.29 is 0 Å². The third-order valence-corrected chi connectivity index (χ3v) is 9.95. The maximum atomic E-state index is 2.60. The third-order valence-electron chi connectivity index (χ3n) is 8.79. The van der Waals surface area contributed by atoms with Crippen molar-refractivity contribution >= 4 is 91.7 Å². The molecule has 0 atom stereocenters. The minimum Gasteiger partial charge on any atom is -0.344 e. The molecular weight excluding hydrogens is 494 g/mol. The van der Waals surface area contributed by atoms with Crippen molar-refractivity contribution in [3.63, 3.8) is 0 Å². The molecule has 0 amide bonds. The fraction of sp³-hybridized carbons (Fsp3) is 0.0286. The van der Waals surface area contributed by atoms with Crippen LogP contribution in [0.25, 0.3) is 86.0 Å². The van der Waals surface area contributed by atoms with E-state index in [1.165, 1.54) is 86.0 Å². The van der Waals surface area contributed by atoms with Gasteiger partial charge in [0.2, 0.25) is 0 Å². The van der Waals surface area contributed by atoms with Gasteiger partial charge < -0.3 is 4.57 Å². The second kappa shape index (κ2) is 6.79. The Kier molecular flexibility index (Phi) is 3.52. The molecule has 3 nitrogen and oxygen atoms in total. The highest BCUT2D eigenvalue weighted by Crippen LogP contribution is 2.49. The Morgan fingerprint density at radius 1 is 0.513 bits per heavy atom. The number of fused-ring (bicyclic) bond motifs is 10. The van der Waals surface area contributed by atoms with Crippen LogP contribution < -0.4 is 0 Å². The average Bonchev–Trinajstić information content (AvgIpc) is 3.68. The molecule has 0 spiro atoms. The number of thiophene rings is 1. The fourth-order valence-corrected chi connectivity index (χ4v) is 8.48. The summed E-state index contributed by atoms with van der Waals surface area (Å²) >= 11 is 1.91. The van der Waals surface area contributed by atoms with Crippen LogP contribution in [0.3, 0.4) is 0 Å². The lowest BCUT2D eigenvalue weighted by Gasteiger charge is -2.09. The standard InChI is InChI=1S/C35H21N3S/c1-36-26-16-9-14-23-30-22-13-6-8-17-28(22)39-35(30)38-33-24(18-19-27(36)32(33)31(23)26)29-21-12-5-7-15-25(21)37(34(29)38)20-10-3-2-4-11-20/h2-19H,1H3. The van der Waals surface area contributed by atoms with E-state index in [0.717, 1.165) is 0 Å². The van der Waals surface area contributed by atoms with Crippen LogP contribution in [-0.4, -0.2) is 13.5 Å². The van der Waals surface area contributed by atoms with Crippen molar-refractivity contribution in [2.45, 2.75) is 0 Å². The summed E-state index contributed by atoms with van der Waals surface area (Å²) in [5.74, 6) is 0. The number of para-hydroxylation sites is 2. The molecule has 0 aliphatic rings. The lowest BCUT2D eigenvalue weighted by Crippen LogP contribution is -1.97. The Bertz CT molecular complexity index is 2610. The van der Waals surface area contributed by atoms with Gasteiger partial charge in [0.15, 0.2) is 0 Å². The van der Waals surface area contributed by atoms with E-state index in [1.807, 2.05) is 11.3 Å². The number of hydrogen-bond donors (Lipinski definition) is 0. The van der Waals surface area contributed by atoms with Crippen LogP contribution in [0.2, 0.25) is 0 Å². The van der Waals surface area contributed by atoms with Crippen molar-refractivity contribution in [3.05, 3.63) is 109 Å². The van der Waals surface area contributed by atoms with Gasteiger partial charge in [0.1, 0.15) is 10.5 Å². The van der Waals surface area contributed by atoms with E-state index in [4.69, 9.17) is 0 Å². The van der Waals surface area contributed by atoms with E-state index in [9.17, 15) is 0 Å². The van der Waals surface area contributed by atoms with E-state index in [2.05, 4.69) is 130 Å². The van der Waals surface area contributed by atoms with E-state index in [-0.39, 0.29) is 0 Å². The molecule has 5 aromatic carbocycles. The second-order valence-corrected chi connectivity index (χ2v) is 11.6. The summed E-state index contributed by atoms with van der Waals surface area (Å²) in [5.41, 5.74) is 7.54. The Morgan fingerprint density at radius 2 is 1.23 bits per heavy atom. The molecule has 5 aromatic heterocycles. The number of aromatic nitrogens is 3. The van der Waals surface area contributed by atoms with E-state index < -0.39 is 0 Å². The summed E-state index contributed by atoms with van der Waals surface area (Å²) in [6.45, 7) is 0. The minimum atomic E-state index is 1.18. The summed E-state index contributed by atoms with van der Waals surface area (Å²) in [5, 5.41) is 10.6. The van der Waals surface area contributed by atoms with Gasteiger partial charge in [0.05, 0.1) is 16.6 Å². The van der Waals surface area contributed by atoms with Crippen molar-refractivity contribution in [2.75, 3.05) is 0 Å². The van der Waals surface area contributed by atoms with Gasteiger partial charge in [-0.1, -0.05) is 66.7 Å². The molecule has 0 radical (unpaired) electrons. The van der Waals surface area contributed by atoms with Gasteiger partial charge >= 0.3 is 0 Å². The zero-order chi connectivity index (χ0) is 25.4. The minimum absolute atomic E-state index is 1.18. The zero-order valence-corrected chi connectivity index (χ0v) is 22.0. The van der Waals surface area contributed by atoms with E-state index >= 15 is 0 Å². The Hall–Kier alpha value is -4.80. The number of nitrogens with zero attached hydrogens (tertiary/aromatic N) is 3. The quantitative estimate of drug-likeness (QED) is 0.207. The van der Waals surface area contributed by atoms with Gasteiger partial charge in [0, 0.05) is 60.7 Å². The van der Waals surface area contributed by atoms with Gasteiger partial charge in [-0.15, -0.1) is 11.3 Å². The number of hydrogen-bond acceptors (Lipinski definition) is 1. The van der Waals surface area contributed by atoms with Crippen LogP contribution in [0.5, 0.6) is 0 Å². The van der Waals surface area contributed by atoms with Gasteiger partial charge in [-0.25, -0.2) is 0 Å². The third kappa shape index (κ3) is 2.24. The molecule has 0 aliphatic heterocycles. The SMILES string of the molecule is Cn1c2cccc3c2c2c1ccc1c4c5ccccc5n(-c5ccccc5)c4n(c4sc5ccccc5c34)c12. The zero-order valence-electron chi connectivity index (χ0n) is 21.1. The van der Waals surface area contributed by atoms with Crippen molar-refractivity contribution in [1.82, 2.24) is 13.5 Å². The first kappa shape index (κ1) is 20.2. The molecule has 4 heteroatoms. The molecule has 0 N–H and O–H groups in total. The van der Waals surface area contributed by atoms with E-state index in [1.54, 1.807) is 0 Å². The van der Waals surface area contributed by atoms with Crippen LogP contribution in [0.4, 0.5) is 0 Å². The van der Waals surface area contributed by atoms with Crippen LogP contribution in [-0.2, 0) is 7.05 Å². The first-order chi connectivity index (χ1) is 19.3. The molecule has 39 heavy (non-hydrogen) atoms. The molecule has 0 saturated carbocycles. The molecular formula is C35H21N3S. The molecule has 0 saturated heterocycles. The fourth-order valence-electron chi connectivity index (χ4n) is 7.26. The molecule has 0 fully saturated rings. The smallest absolute Gasteiger partial charge is 0.132 e. The Labute approximate surface area is 226 Å². The highest BCUT2D eigenvalue weighted by atomic mass is 32.1. The molecule has 0 bridgehead atoms. The molecule has 10 rings (SSSR count). The summed E-state index contributed by atoms with van der Waals surface area (Å²) in [6.07, 6.45) is 0. The molecule has 5 heterocycles. The van der Waals surface area contributed by atoms with Gasteiger partial charge in [0.25, 0.3) is 0 Å². The van der Waals surface area contributed by atoms with Crippen LogP contribution in [0.15, 0.2) is 109 Å². The Balaban J connectivity index is 1.67. The predicted octanol–water partition coefficient (Wildman–Crippen LogP) is 9.64. The largest absolute Gasteiger partial charge is 0.344 e. The number of aryl methyl sites for hydroxylation is 1.